The Morgan fingerprint density at radius 2 is 2.00 bits per heavy atom. The lowest BCUT2D eigenvalue weighted by atomic mass is 9.96. The van der Waals surface area contributed by atoms with Gasteiger partial charge in [0.25, 0.3) is 11.8 Å². The molecule has 0 fully saturated rings. The van der Waals surface area contributed by atoms with Gasteiger partial charge in [-0.2, -0.15) is 15.2 Å². The van der Waals surface area contributed by atoms with E-state index in [1.165, 1.54) is 11.2 Å². The Kier molecular flexibility index (Phi) is 5.17. The summed E-state index contributed by atoms with van der Waals surface area (Å²) in [6.45, 7) is 3.68. The van der Waals surface area contributed by atoms with Crippen molar-refractivity contribution in [3.8, 4) is 0 Å². The predicted molar refractivity (Wildman–Crippen MR) is 100.0 cm³/mol. The van der Waals surface area contributed by atoms with Crippen molar-refractivity contribution in [3.63, 3.8) is 0 Å². The van der Waals surface area contributed by atoms with Crippen molar-refractivity contribution in [1.82, 2.24) is 10.4 Å². The van der Waals surface area contributed by atoms with Crippen LogP contribution in [0.3, 0.4) is 0 Å². The molecule has 1 aliphatic heterocycles. The Morgan fingerprint density at radius 1 is 1.23 bits per heavy atom. The second kappa shape index (κ2) is 7.69. The molecule has 1 aromatic carbocycles. The van der Waals surface area contributed by atoms with Crippen LogP contribution < -0.4 is 10.4 Å². The van der Waals surface area contributed by atoms with Gasteiger partial charge in [-0.15, -0.1) is 0 Å². The number of hydrazone groups is 2. The summed E-state index contributed by atoms with van der Waals surface area (Å²) in [4.78, 5) is 28.9. The molecule has 0 saturated heterocycles. The van der Waals surface area contributed by atoms with Crippen LogP contribution in [-0.2, 0) is 4.79 Å². The van der Waals surface area contributed by atoms with Gasteiger partial charge in [0.1, 0.15) is 5.92 Å². The summed E-state index contributed by atoms with van der Waals surface area (Å²) in [5, 5.41) is 9.95. The van der Waals surface area contributed by atoms with Crippen molar-refractivity contribution in [3.05, 3.63) is 60.4 Å². The zero-order chi connectivity index (χ0) is 18.5. The molecule has 2 heterocycles. The summed E-state index contributed by atoms with van der Waals surface area (Å²) in [5.74, 6) is -1.12. The number of para-hydroxylation sites is 1. The minimum absolute atomic E-state index is 0.176. The average molecular weight is 349 g/mol. The molecule has 1 aliphatic rings. The fourth-order valence-electron chi connectivity index (χ4n) is 2.74. The van der Waals surface area contributed by atoms with Crippen LogP contribution >= 0.6 is 0 Å². The van der Waals surface area contributed by atoms with E-state index >= 15 is 0 Å². The molecule has 0 bridgehead atoms. The molecule has 1 aromatic heterocycles. The molecule has 1 unspecified atom stereocenters. The van der Waals surface area contributed by atoms with Gasteiger partial charge >= 0.3 is 0 Å². The van der Waals surface area contributed by atoms with Crippen LogP contribution in [0.4, 0.5) is 5.69 Å². The maximum Gasteiger partial charge on any atom is 0.272 e. The smallest absolute Gasteiger partial charge is 0.271 e. The number of benzene rings is 1. The van der Waals surface area contributed by atoms with Crippen molar-refractivity contribution in [2.45, 2.75) is 20.3 Å². The first-order valence-electron chi connectivity index (χ1n) is 8.32. The van der Waals surface area contributed by atoms with Crippen LogP contribution in [-0.4, -0.2) is 28.2 Å². The minimum atomic E-state index is -0.575. The first-order chi connectivity index (χ1) is 12.6. The molecule has 0 saturated carbocycles. The third-order valence-electron chi connectivity index (χ3n) is 4.05. The van der Waals surface area contributed by atoms with Crippen LogP contribution in [0.25, 0.3) is 0 Å². The van der Waals surface area contributed by atoms with E-state index in [4.69, 9.17) is 0 Å². The van der Waals surface area contributed by atoms with Gasteiger partial charge in [-0.1, -0.05) is 25.1 Å². The summed E-state index contributed by atoms with van der Waals surface area (Å²) in [5.41, 5.74) is 4.82. The number of amides is 2. The third-order valence-corrected chi connectivity index (χ3v) is 4.05. The number of hydrogen-bond acceptors (Lipinski definition) is 5. The maximum atomic E-state index is 12.8. The van der Waals surface area contributed by atoms with Crippen molar-refractivity contribution in [2.24, 2.45) is 16.1 Å². The van der Waals surface area contributed by atoms with Crippen LogP contribution in [0.1, 0.15) is 30.6 Å². The lowest BCUT2D eigenvalue weighted by Crippen LogP contribution is -2.34. The highest BCUT2D eigenvalue weighted by Gasteiger charge is 2.37. The molecule has 7 nitrogen and oxygen atoms in total. The monoisotopic (exact) mass is 349 g/mol. The number of aromatic nitrogens is 1. The molecule has 132 valence electrons. The van der Waals surface area contributed by atoms with Gasteiger partial charge in [-0.3, -0.25) is 14.6 Å². The minimum Gasteiger partial charge on any atom is -0.271 e. The Labute approximate surface area is 151 Å². The third kappa shape index (κ3) is 3.51. The van der Waals surface area contributed by atoms with Gasteiger partial charge in [-0.05, 0) is 37.6 Å². The highest BCUT2D eigenvalue weighted by Crippen LogP contribution is 2.25. The molecular weight excluding hydrogens is 330 g/mol. The lowest BCUT2D eigenvalue weighted by Gasteiger charge is -2.15. The average Bonchev–Trinajstić information content (AvgIpc) is 2.98. The quantitative estimate of drug-likeness (QED) is 0.665. The van der Waals surface area contributed by atoms with Gasteiger partial charge in [0.15, 0.2) is 0 Å². The van der Waals surface area contributed by atoms with E-state index in [0.29, 0.717) is 29.1 Å². The summed E-state index contributed by atoms with van der Waals surface area (Å²) in [6.07, 6.45) is 3.56. The number of anilines is 1. The summed E-state index contributed by atoms with van der Waals surface area (Å²) >= 11 is 0. The molecule has 1 atom stereocenters. The van der Waals surface area contributed by atoms with Gasteiger partial charge in [-0.25, -0.2) is 5.43 Å². The molecule has 3 rings (SSSR count). The van der Waals surface area contributed by atoms with E-state index < -0.39 is 5.92 Å². The molecule has 7 heteroatoms. The predicted octanol–water partition coefficient (Wildman–Crippen LogP) is 2.62. The van der Waals surface area contributed by atoms with Crippen molar-refractivity contribution < 1.29 is 9.59 Å². The molecule has 1 N–H and O–H groups in total. The standard InChI is InChI=1S/C19H19N5O2/c1-3-16(21-22-18(25)14-8-7-11-20-12-14)17-13(2)23-24(19(17)26)15-9-5-4-6-10-15/h4-12,17H,3H2,1-2H3,(H,22,25)/b21-16+. The van der Waals surface area contributed by atoms with Gasteiger partial charge < -0.3 is 0 Å². The lowest BCUT2D eigenvalue weighted by molar-refractivity contribution is -0.118. The Balaban J connectivity index is 1.79. The molecule has 0 aliphatic carbocycles. The van der Waals surface area contributed by atoms with Gasteiger partial charge in [0.2, 0.25) is 0 Å². The number of nitrogens with zero attached hydrogens (tertiary/aromatic N) is 4. The van der Waals surface area contributed by atoms with E-state index in [-0.39, 0.29) is 11.8 Å². The Bertz CT molecular complexity index is 862. The summed E-state index contributed by atoms with van der Waals surface area (Å²) < 4.78 is 0. The number of nitrogens with one attached hydrogen (secondary N) is 1. The van der Waals surface area contributed by atoms with Gasteiger partial charge in [0, 0.05) is 12.4 Å². The SMILES string of the molecule is CC/C(=N\NC(=O)c1cccnc1)C1C(=O)N(c2ccccc2)N=C1C. The van der Waals surface area contributed by atoms with Crippen molar-refractivity contribution in [1.29, 1.82) is 0 Å². The van der Waals surface area contributed by atoms with Crippen LogP contribution in [0.2, 0.25) is 0 Å². The number of pyridine rings is 1. The fraction of sp³-hybridized carbons (Fsp3) is 0.211. The first kappa shape index (κ1) is 17.5. The number of hydrogen-bond donors (Lipinski definition) is 1. The van der Waals surface area contributed by atoms with E-state index in [0.717, 1.165) is 0 Å². The topological polar surface area (TPSA) is 87.0 Å². The van der Waals surface area contributed by atoms with Crippen molar-refractivity contribution >= 4 is 28.9 Å². The van der Waals surface area contributed by atoms with Crippen LogP contribution in [0, 0.1) is 5.92 Å². The number of rotatable bonds is 5. The normalized spacial score (nSPS) is 17.2. The van der Waals surface area contributed by atoms with Gasteiger partial charge in [0.05, 0.1) is 22.7 Å². The Morgan fingerprint density at radius 3 is 2.65 bits per heavy atom. The van der Waals surface area contributed by atoms with E-state index in [2.05, 4.69) is 20.6 Å². The first-order valence-corrected chi connectivity index (χ1v) is 8.32. The number of carbonyl (C=O) groups excluding carboxylic acids is 2. The van der Waals surface area contributed by atoms with E-state index in [1.54, 1.807) is 25.3 Å². The number of carbonyl (C=O) groups is 2. The summed E-state index contributed by atoms with van der Waals surface area (Å²) in [6, 6.07) is 12.6. The fourth-order valence-corrected chi connectivity index (χ4v) is 2.74. The molecular formula is C19H19N5O2. The molecule has 0 radical (unpaired) electrons. The second-order valence-electron chi connectivity index (χ2n) is 5.80. The highest BCUT2D eigenvalue weighted by molar-refractivity contribution is 6.28. The zero-order valence-corrected chi connectivity index (χ0v) is 14.6. The van der Waals surface area contributed by atoms with Crippen molar-refractivity contribution in [2.75, 3.05) is 5.01 Å². The maximum absolute atomic E-state index is 12.8. The Hall–Kier alpha value is -3.35. The summed E-state index contributed by atoms with van der Waals surface area (Å²) in [7, 11) is 0. The van der Waals surface area contributed by atoms with E-state index in [9.17, 15) is 9.59 Å². The van der Waals surface area contributed by atoms with E-state index in [1.807, 2.05) is 37.3 Å². The second-order valence-corrected chi connectivity index (χ2v) is 5.80. The molecule has 0 spiro atoms. The highest BCUT2D eigenvalue weighted by atomic mass is 16.2. The van der Waals surface area contributed by atoms with Crippen LogP contribution in [0.15, 0.2) is 65.1 Å². The largest absolute Gasteiger partial charge is 0.272 e. The molecule has 26 heavy (non-hydrogen) atoms. The zero-order valence-electron chi connectivity index (χ0n) is 14.6. The van der Waals surface area contributed by atoms with Crippen LogP contribution in [0.5, 0.6) is 0 Å². The molecule has 2 aromatic rings. The molecule has 2 amide bonds.